The van der Waals surface area contributed by atoms with Gasteiger partial charge in [0.1, 0.15) is 5.69 Å². The van der Waals surface area contributed by atoms with Crippen LogP contribution in [0, 0.1) is 0 Å². The number of aliphatic hydroxyl groups excluding tert-OH is 1. The summed E-state index contributed by atoms with van der Waals surface area (Å²) in [5.41, 5.74) is 4.87. The number of ether oxygens (including phenoxy) is 1. The number of nitrogens with zero attached hydrogens (tertiary/aromatic N) is 3. The van der Waals surface area contributed by atoms with Crippen molar-refractivity contribution in [3.63, 3.8) is 0 Å². The van der Waals surface area contributed by atoms with Crippen molar-refractivity contribution in [3.8, 4) is 28.3 Å². The monoisotopic (exact) mass is 544 g/mol. The van der Waals surface area contributed by atoms with Gasteiger partial charge in [-0.3, -0.25) is 9.89 Å². The highest BCUT2D eigenvalue weighted by Crippen LogP contribution is 2.31. The molecular formula is C28H25BrN4O3. The van der Waals surface area contributed by atoms with E-state index in [0.717, 1.165) is 43.3 Å². The van der Waals surface area contributed by atoms with Gasteiger partial charge in [0.2, 0.25) is 5.88 Å². The molecule has 0 saturated carbocycles. The number of aromatic amines is 1. The quantitative estimate of drug-likeness (QED) is 0.278. The van der Waals surface area contributed by atoms with Gasteiger partial charge in [0.25, 0.3) is 5.56 Å². The van der Waals surface area contributed by atoms with Gasteiger partial charge in [-0.1, -0.05) is 34.1 Å². The molecule has 5 rings (SSSR count). The third-order valence-corrected chi connectivity index (χ3v) is 6.45. The zero-order chi connectivity index (χ0) is 25.2. The molecule has 3 aromatic heterocycles. The van der Waals surface area contributed by atoms with Crippen LogP contribution in [0.4, 0.5) is 0 Å². The third-order valence-electron chi connectivity index (χ3n) is 5.95. The Bertz CT molecular complexity index is 1570. The lowest BCUT2D eigenvalue weighted by Crippen LogP contribution is -2.26. The summed E-state index contributed by atoms with van der Waals surface area (Å²) in [5, 5.41) is 18.5. The van der Waals surface area contributed by atoms with Crippen LogP contribution in [0.1, 0.15) is 25.5 Å². The minimum Gasteiger partial charge on any atom is -0.475 e. The van der Waals surface area contributed by atoms with Crippen LogP contribution >= 0.6 is 15.9 Å². The smallest absolute Gasteiger partial charge is 0.251 e. The Balaban J connectivity index is 1.49. The summed E-state index contributed by atoms with van der Waals surface area (Å²) in [4.78, 5) is 17.5. The number of pyridine rings is 2. The molecule has 0 amide bonds. The largest absolute Gasteiger partial charge is 0.475 e. The van der Waals surface area contributed by atoms with Crippen LogP contribution in [0.3, 0.4) is 0 Å². The summed E-state index contributed by atoms with van der Waals surface area (Å²) >= 11 is 3.46. The minimum atomic E-state index is -0.470. The second-order valence-corrected chi connectivity index (χ2v) is 9.71. The number of fused-ring (bicyclic) bond motifs is 1. The molecule has 0 unspecified atom stereocenters. The van der Waals surface area contributed by atoms with E-state index in [9.17, 15) is 9.90 Å². The van der Waals surface area contributed by atoms with Crippen LogP contribution in [0.25, 0.3) is 33.3 Å². The summed E-state index contributed by atoms with van der Waals surface area (Å²) in [7, 11) is 0. The molecule has 8 heteroatoms. The molecule has 5 aromatic rings. The fourth-order valence-electron chi connectivity index (χ4n) is 4.24. The lowest BCUT2D eigenvalue weighted by atomic mass is 10.0. The Kier molecular flexibility index (Phi) is 6.71. The van der Waals surface area contributed by atoms with Crippen molar-refractivity contribution in [2.45, 2.75) is 26.0 Å². The van der Waals surface area contributed by atoms with Crippen LogP contribution < -0.4 is 10.3 Å². The molecule has 0 aliphatic carbocycles. The van der Waals surface area contributed by atoms with Crippen molar-refractivity contribution in [1.29, 1.82) is 0 Å². The Labute approximate surface area is 216 Å². The molecule has 0 radical (unpaired) electrons. The normalized spacial score (nSPS) is 12.2. The zero-order valence-corrected chi connectivity index (χ0v) is 21.4. The number of hydrogen-bond acceptors (Lipinski definition) is 5. The second-order valence-electron chi connectivity index (χ2n) is 8.80. The second kappa shape index (κ2) is 10.1. The highest BCUT2D eigenvalue weighted by Gasteiger charge is 2.16. The van der Waals surface area contributed by atoms with Gasteiger partial charge in [-0.2, -0.15) is 5.10 Å². The molecule has 7 nitrogen and oxygen atoms in total. The van der Waals surface area contributed by atoms with Gasteiger partial charge >= 0.3 is 0 Å². The van der Waals surface area contributed by atoms with E-state index in [1.807, 2.05) is 74.5 Å². The summed E-state index contributed by atoms with van der Waals surface area (Å²) in [6.07, 6.45) is 3.53. The molecule has 0 aliphatic rings. The van der Waals surface area contributed by atoms with E-state index in [1.54, 1.807) is 23.0 Å². The number of hydrogen-bond donors (Lipinski definition) is 2. The highest BCUT2D eigenvalue weighted by atomic mass is 79.9. The molecule has 2 aromatic carbocycles. The number of H-pyrrole nitrogens is 1. The van der Waals surface area contributed by atoms with Crippen LogP contribution in [0.5, 0.6) is 5.88 Å². The maximum atomic E-state index is 13.1. The summed E-state index contributed by atoms with van der Waals surface area (Å²) in [6, 6.07) is 20.3. The summed E-state index contributed by atoms with van der Waals surface area (Å²) in [6.45, 7) is 3.73. The molecule has 2 N–H and O–H groups in total. The molecule has 3 heterocycles. The van der Waals surface area contributed by atoms with Crippen molar-refractivity contribution in [2.75, 3.05) is 6.61 Å². The number of benzene rings is 2. The molecule has 0 aliphatic heterocycles. The molecule has 0 saturated heterocycles. The fourth-order valence-corrected chi connectivity index (χ4v) is 4.66. The topological polar surface area (TPSA) is 93.0 Å². The number of aromatic nitrogens is 4. The van der Waals surface area contributed by atoms with Crippen LogP contribution in [0.15, 0.2) is 88.4 Å². The maximum Gasteiger partial charge on any atom is 0.251 e. The molecule has 0 bridgehead atoms. The number of halogens is 1. The third kappa shape index (κ3) is 4.82. The van der Waals surface area contributed by atoms with E-state index in [0.29, 0.717) is 5.88 Å². The predicted molar refractivity (Wildman–Crippen MR) is 144 cm³/mol. The first-order valence-corrected chi connectivity index (χ1v) is 12.4. The molecule has 0 fully saturated rings. The van der Waals surface area contributed by atoms with E-state index in [2.05, 4.69) is 31.1 Å². The van der Waals surface area contributed by atoms with Crippen molar-refractivity contribution in [3.05, 3.63) is 99.5 Å². The predicted octanol–water partition coefficient (Wildman–Crippen LogP) is 5.59. The van der Waals surface area contributed by atoms with E-state index < -0.39 is 6.04 Å². The Morgan fingerprint density at radius 1 is 1.03 bits per heavy atom. The Hall–Kier alpha value is -3.75. The van der Waals surface area contributed by atoms with E-state index in [1.165, 1.54) is 0 Å². The first kappa shape index (κ1) is 24.0. The van der Waals surface area contributed by atoms with Gasteiger partial charge < -0.3 is 14.4 Å². The molecule has 0 spiro atoms. The van der Waals surface area contributed by atoms with E-state index in [4.69, 9.17) is 4.74 Å². The average Bonchev–Trinajstić information content (AvgIpc) is 3.29. The van der Waals surface area contributed by atoms with Crippen LogP contribution in [-0.4, -0.2) is 37.6 Å². The Morgan fingerprint density at radius 3 is 2.53 bits per heavy atom. The number of aliphatic hydroxyl groups is 1. The molecular weight excluding hydrogens is 520 g/mol. The lowest BCUT2D eigenvalue weighted by Gasteiger charge is -2.18. The van der Waals surface area contributed by atoms with Gasteiger partial charge in [0.05, 0.1) is 24.3 Å². The number of rotatable bonds is 7. The highest BCUT2D eigenvalue weighted by molar-refractivity contribution is 9.10. The van der Waals surface area contributed by atoms with E-state index in [-0.39, 0.29) is 18.3 Å². The maximum absolute atomic E-state index is 13.1. The Morgan fingerprint density at radius 2 is 1.83 bits per heavy atom. The molecule has 182 valence electrons. The number of nitrogens with one attached hydrogen (secondary N) is 1. The van der Waals surface area contributed by atoms with Crippen molar-refractivity contribution >= 4 is 26.8 Å². The van der Waals surface area contributed by atoms with Gasteiger partial charge in [0.15, 0.2) is 0 Å². The molecule has 36 heavy (non-hydrogen) atoms. The standard InChI is InChI=1S/C28H25BrN4O3/c1-17(2)36-26-9-7-21(15-30-26)28-23-13-18(6-8-24(23)31-32-28)19-10-11-33(27(35)14-19)25(16-34)20-4-3-5-22(29)12-20/h3-15,17,25,34H,16H2,1-2H3,(H,31,32)/t25-/m1/s1. The molecule has 1 atom stereocenters. The first-order chi connectivity index (χ1) is 17.4. The van der Waals surface area contributed by atoms with Gasteiger partial charge in [0, 0.05) is 39.9 Å². The van der Waals surface area contributed by atoms with Crippen LogP contribution in [-0.2, 0) is 0 Å². The summed E-state index contributed by atoms with van der Waals surface area (Å²) in [5.74, 6) is 0.568. The zero-order valence-electron chi connectivity index (χ0n) is 19.9. The first-order valence-electron chi connectivity index (χ1n) is 11.6. The summed E-state index contributed by atoms with van der Waals surface area (Å²) < 4.78 is 8.09. The average molecular weight is 545 g/mol. The van der Waals surface area contributed by atoms with Crippen molar-refractivity contribution in [2.24, 2.45) is 0 Å². The van der Waals surface area contributed by atoms with Gasteiger partial charge in [-0.05, 0) is 66.9 Å². The van der Waals surface area contributed by atoms with E-state index >= 15 is 0 Å². The van der Waals surface area contributed by atoms with Crippen molar-refractivity contribution in [1.82, 2.24) is 19.7 Å². The van der Waals surface area contributed by atoms with Crippen molar-refractivity contribution < 1.29 is 9.84 Å². The van der Waals surface area contributed by atoms with Crippen LogP contribution in [0.2, 0.25) is 0 Å². The SMILES string of the molecule is CC(C)Oc1ccc(-c2n[nH]c3ccc(-c4ccn([C@H](CO)c5cccc(Br)c5)c(=O)c4)cc23)cn1. The lowest BCUT2D eigenvalue weighted by molar-refractivity contribution is 0.232. The van der Waals surface area contributed by atoms with Gasteiger partial charge in [-0.25, -0.2) is 4.98 Å². The van der Waals surface area contributed by atoms with Gasteiger partial charge in [-0.15, -0.1) is 0 Å². The minimum absolute atomic E-state index is 0.0507. The fraction of sp³-hybridized carbons (Fsp3) is 0.179.